The van der Waals surface area contributed by atoms with Gasteiger partial charge >= 0.3 is 6.18 Å². The molecule has 1 aromatic carbocycles. The molecule has 1 aliphatic carbocycles. The summed E-state index contributed by atoms with van der Waals surface area (Å²) >= 11 is 0. The van der Waals surface area contributed by atoms with Gasteiger partial charge in [0.1, 0.15) is 12.4 Å². The van der Waals surface area contributed by atoms with Gasteiger partial charge in [0.2, 0.25) is 5.95 Å². The van der Waals surface area contributed by atoms with Gasteiger partial charge in [-0.2, -0.15) is 22.8 Å². The molecule has 0 unspecified atom stereocenters. The number of aliphatic hydroxyl groups excluding tert-OH is 2. The molecule has 0 radical (unpaired) electrons. The van der Waals surface area contributed by atoms with Crippen molar-refractivity contribution < 1.29 is 28.1 Å². The zero-order chi connectivity index (χ0) is 21.3. The van der Waals surface area contributed by atoms with Crippen molar-refractivity contribution in [3.63, 3.8) is 0 Å². The Hall–Kier alpha value is -2.99. The van der Waals surface area contributed by atoms with Crippen molar-refractivity contribution in [3.8, 4) is 11.4 Å². The van der Waals surface area contributed by atoms with Gasteiger partial charge in [-0.25, -0.2) is 4.98 Å². The highest BCUT2D eigenvalue weighted by Crippen LogP contribution is 2.24. The Morgan fingerprint density at radius 2 is 2.00 bits per heavy atom. The Morgan fingerprint density at radius 1 is 1.23 bits per heavy atom. The van der Waals surface area contributed by atoms with Crippen molar-refractivity contribution in [1.82, 2.24) is 25.0 Å². The number of aromatic nitrogens is 5. The van der Waals surface area contributed by atoms with Gasteiger partial charge in [0.15, 0.2) is 17.3 Å². The summed E-state index contributed by atoms with van der Waals surface area (Å²) in [5.41, 5.74) is 1.50. The fraction of sp³-hybridized carbons (Fsp3) is 0.444. The first-order chi connectivity index (χ1) is 14.3. The maximum absolute atomic E-state index is 12.4. The van der Waals surface area contributed by atoms with Crippen LogP contribution in [-0.4, -0.2) is 66.2 Å². The number of nitrogens with zero attached hydrogens (tertiary/aromatic N) is 5. The molecule has 2 heterocycles. The van der Waals surface area contributed by atoms with E-state index in [0.29, 0.717) is 29.2 Å². The molecule has 160 valence electrons. The first kappa shape index (κ1) is 20.3. The summed E-state index contributed by atoms with van der Waals surface area (Å²) in [6.45, 7) is -0.896. The average Bonchev–Trinajstić information content (AvgIpc) is 3.31. The van der Waals surface area contributed by atoms with Crippen LogP contribution in [0.15, 0.2) is 30.5 Å². The van der Waals surface area contributed by atoms with Crippen LogP contribution < -0.4 is 10.1 Å². The van der Waals surface area contributed by atoms with E-state index in [1.807, 2.05) is 0 Å². The molecule has 1 aliphatic rings. The molecule has 4 rings (SSSR count). The second-order valence-corrected chi connectivity index (χ2v) is 7.07. The highest BCUT2D eigenvalue weighted by atomic mass is 19.4. The van der Waals surface area contributed by atoms with Gasteiger partial charge < -0.3 is 20.3 Å². The van der Waals surface area contributed by atoms with E-state index < -0.39 is 18.9 Å². The Bertz CT molecular complexity index is 1010. The summed E-state index contributed by atoms with van der Waals surface area (Å²) in [6, 6.07) is 6.20. The van der Waals surface area contributed by atoms with Crippen LogP contribution in [-0.2, 0) is 0 Å². The number of nitrogens with one attached hydrogen (secondary N) is 1. The Balaban J connectivity index is 1.49. The van der Waals surface area contributed by atoms with Gasteiger partial charge in [-0.1, -0.05) is 5.21 Å². The van der Waals surface area contributed by atoms with Crippen LogP contribution in [0, 0.1) is 0 Å². The summed E-state index contributed by atoms with van der Waals surface area (Å²) in [5, 5.41) is 29.9. The van der Waals surface area contributed by atoms with E-state index >= 15 is 0 Å². The van der Waals surface area contributed by atoms with Crippen LogP contribution in [0.4, 0.5) is 19.1 Å². The van der Waals surface area contributed by atoms with Crippen molar-refractivity contribution in [2.24, 2.45) is 0 Å². The molecule has 2 aromatic heterocycles. The van der Waals surface area contributed by atoms with Gasteiger partial charge in [-0.3, -0.25) is 0 Å². The third-order valence-corrected chi connectivity index (χ3v) is 4.80. The molecule has 1 fully saturated rings. The van der Waals surface area contributed by atoms with Gasteiger partial charge in [-0.15, -0.1) is 5.10 Å². The lowest BCUT2D eigenvalue weighted by Gasteiger charge is -2.15. The summed E-state index contributed by atoms with van der Waals surface area (Å²) in [4.78, 5) is 8.68. The number of aliphatic hydroxyl groups is 2. The lowest BCUT2D eigenvalue weighted by atomic mass is 10.2. The fourth-order valence-electron chi connectivity index (χ4n) is 3.20. The fourth-order valence-corrected chi connectivity index (χ4v) is 3.20. The van der Waals surface area contributed by atoms with Crippen molar-refractivity contribution >= 4 is 17.1 Å². The van der Waals surface area contributed by atoms with E-state index in [0.717, 1.165) is 12.8 Å². The van der Waals surface area contributed by atoms with E-state index in [1.54, 1.807) is 12.1 Å². The third-order valence-electron chi connectivity index (χ3n) is 4.80. The molecule has 3 atom stereocenters. The molecule has 1 saturated carbocycles. The highest BCUT2D eigenvalue weighted by Gasteiger charge is 2.38. The van der Waals surface area contributed by atoms with Gasteiger partial charge in [0, 0.05) is 6.04 Å². The zero-order valence-electron chi connectivity index (χ0n) is 15.6. The Kier molecular flexibility index (Phi) is 5.43. The van der Waals surface area contributed by atoms with Gasteiger partial charge in [-0.05, 0) is 43.5 Å². The maximum Gasteiger partial charge on any atom is 0.417 e. The molecule has 30 heavy (non-hydrogen) atoms. The van der Waals surface area contributed by atoms with Crippen LogP contribution in [0.2, 0.25) is 0 Å². The van der Waals surface area contributed by atoms with Crippen molar-refractivity contribution in [2.45, 2.75) is 43.7 Å². The Morgan fingerprint density at radius 3 is 2.67 bits per heavy atom. The summed E-state index contributed by atoms with van der Waals surface area (Å²) in [5.74, 6) is 0.564. The SMILES string of the molecule is O[C@H]1CC[C@H](Nc2ncc3nnn(-c4ccc(OC[C@H](O)C(F)(F)F)cc4)c3n2)C1. The zero-order valence-corrected chi connectivity index (χ0v) is 15.6. The third kappa shape index (κ3) is 4.44. The van der Waals surface area contributed by atoms with Crippen LogP contribution in [0.1, 0.15) is 19.3 Å². The maximum atomic E-state index is 12.4. The Labute approximate surface area is 168 Å². The normalized spacial score (nSPS) is 20.4. The molecule has 3 aromatic rings. The second kappa shape index (κ2) is 8.03. The number of benzene rings is 1. The van der Waals surface area contributed by atoms with Crippen LogP contribution in [0.3, 0.4) is 0 Å². The average molecular weight is 424 g/mol. The minimum Gasteiger partial charge on any atom is -0.491 e. The molecule has 9 nitrogen and oxygen atoms in total. The lowest BCUT2D eigenvalue weighted by Crippen LogP contribution is -2.34. The number of alkyl halides is 3. The largest absolute Gasteiger partial charge is 0.491 e. The van der Waals surface area contributed by atoms with Crippen LogP contribution in [0.25, 0.3) is 16.9 Å². The summed E-state index contributed by atoms with van der Waals surface area (Å²) in [6.07, 6.45) is -3.89. The highest BCUT2D eigenvalue weighted by molar-refractivity contribution is 5.72. The van der Waals surface area contributed by atoms with Crippen LogP contribution >= 0.6 is 0 Å². The number of anilines is 1. The number of hydrogen-bond acceptors (Lipinski definition) is 8. The quantitative estimate of drug-likeness (QED) is 0.549. The smallest absolute Gasteiger partial charge is 0.417 e. The van der Waals surface area contributed by atoms with Crippen LogP contribution in [0.5, 0.6) is 5.75 Å². The number of halogens is 3. The molecule has 3 N–H and O–H groups in total. The van der Waals surface area contributed by atoms with E-state index in [2.05, 4.69) is 25.6 Å². The standard InChI is InChI=1S/C18H19F3N6O3/c19-18(20,21)15(29)9-30-13-5-2-11(3-6-13)27-16-14(25-26-27)8-22-17(24-16)23-10-1-4-12(28)7-10/h2-3,5-6,8,10,12,15,28-29H,1,4,7,9H2,(H,22,23,24)/t10-,12-,15-/m0/s1. The monoisotopic (exact) mass is 424 g/mol. The minimum atomic E-state index is -4.73. The molecule has 0 bridgehead atoms. The number of fused-ring (bicyclic) bond motifs is 1. The molecule has 12 heteroatoms. The van der Waals surface area contributed by atoms with Crippen molar-refractivity contribution in [2.75, 3.05) is 11.9 Å². The molecule has 0 saturated heterocycles. The number of rotatable bonds is 6. The number of ether oxygens (including phenoxy) is 1. The van der Waals surface area contributed by atoms with E-state index in [-0.39, 0.29) is 17.9 Å². The number of hydrogen-bond donors (Lipinski definition) is 3. The minimum absolute atomic E-state index is 0.0882. The van der Waals surface area contributed by atoms with Crippen molar-refractivity contribution in [3.05, 3.63) is 30.5 Å². The van der Waals surface area contributed by atoms with E-state index in [9.17, 15) is 18.3 Å². The van der Waals surface area contributed by atoms with Gasteiger partial charge in [0.25, 0.3) is 0 Å². The summed E-state index contributed by atoms with van der Waals surface area (Å²) in [7, 11) is 0. The molecule has 0 amide bonds. The molecule has 0 spiro atoms. The lowest BCUT2D eigenvalue weighted by molar-refractivity contribution is -0.210. The molecular weight excluding hydrogens is 405 g/mol. The van der Waals surface area contributed by atoms with Crippen molar-refractivity contribution in [1.29, 1.82) is 0 Å². The second-order valence-electron chi connectivity index (χ2n) is 7.07. The molecular formula is C18H19F3N6O3. The van der Waals surface area contributed by atoms with E-state index in [1.165, 1.54) is 23.0 Å². The first-order valence-corrected chi connectivity index (χ1v) is 9.30. The first-order valence-electron chi connectivity index (χ1n) is 9.30. The van der Waals surface area contributed by atoms with Gasteiger partial charge in [0.05, 0.1) is 18.0 Å². The summed E-state index contributed by atoms with van der Waals surface area (Å²) < 4.78 is 43.5. The topological polar surface area (TPSA) is 118 Å². The predicted octanol–water partition coefficient (Wildman–Crippen LogP) is 1.84. The van der Waals surface area contributed by atoms with E-state index in [4.69, 9.17) is 9.84 Å². The predicted molar refractivity (Wildman–Crippen MR) is 99.3 cm³/mol. The molecule has 0 aliphatic heterocycles.